The molecule has 0 unspecified atom stereocenters. The predicted molar refractivity (Wildman–Crippen MR) is 148 cm³/mol. The number of carbonyl (C=O) groups excluding carboxylic acids is 1. The van der Waals surface area contributed by atoms with E-state index in [-0.39, 0.29) is 11.4 Å². The lowest BCUT2D eigenvalue weighted by molar-refractivity contribution is -0.122. The molecule has 4 rings (SSSR count). The lowest BCUT2D eigenvalue weighted by Crippen LogP contribution is -2.51. The van der Waals surface area contributed by atoms with Crippen molar-refractivity contribution in [2.24, 2.45) is 4.99 Å². The number of ether oxygens (including phenoxy) is 1. The third kappa shape index (κ3) is 5.49. The number of benzene rings is 2. The van der Waals surface area contributed by atoms with Crippen molar-refractivity contribution in [1.82, 2.24) is 4.90 Å². The summed E-state index contributed by atoms with van der Waals surface area (Å²) in [7, 11) is 1.68. The third-order valence-corrected chi connectivity index (χ3v) is 7.72. The Bertz CT molecular complexity index is 1120. The van der Waals surface area contributed by atoms with Crippen LogP contribution in [0, 0.1) is 0 Å². The molecule has 2 aliphatic rings. The Hall–Kier alpha value is -2.57. The Morgan fingerprint density at radius 3 is 2.63 bits per heavy atom. The van der Waals surface area contributed by atoms with Gasteiger partial charge in [-0.15, -0.1) is 0 Å². The van der Waals surface area contributed by atoms with Crippen LogP contribution in [0.1, 0.15) is 64.5 Å². The topological polar surface area (TPSA) is 45.1 Å². The molecule has 6 heteroatoms. The van der Waals surface area contributed by atoms with Crippen molar-refractivity contribution in [1.29, 1.82) is 0 Å². The monoisotopic (exact) mass is 491 g/mol. The first-order chi connectivity index (χ1) is 16.7. The summed E-state index contributed by atoms with van der Waals surface area (Å²) < 4.78 is 5.21. The zero-order valence-corrected chi connectivity index (χ0v) is 22.6. The summed E-state index contributed by atoms with van der Waals surface area (Å²) in [4.78, 5) is 23.2. The number of methoxy groups -OCH3 is 1. The van der Waals surface area contributed by atoms with Crippen molar-refractivity contribution in [2.75, 3.05) is 25.2 Å². The molecule has 5 nitrogen and oxygen atoms in total. The van der Waals surface area contributed by atoms with Crippen LogP contribution in [0.25, 0.3) is 6.08 Å². The van der Waals surface area contributed by atoms with Crippen LogP contribution in [0.3, 0.4) is 0 Å². The minimum absolute atomic E-state index is 0.0106. The highest BCUT2D eigenvalue weighted by Crippen LogP contribution is 2.45. The standard InChI is InChI=1S/C29H37N3O2S/c1-20(2)32-25-14-13-22(17-24(25)21(3)19-29(32,4)5)18-26-27(33)31(15-10-16-34-6)28(35-26)30-23-11-8-7-9-12-23/h7-9,11-14,17-18,20-21H,10,15-16,19H2,1-6H3/b26-18-,30-28?/t21-/m0/s1. The second kappa shape index (κ2) is 10.6. The first kappa shape index (κ1) is 25.5. The molecule has 1 fully saturated rings. The number of nitrogens with zero attached hydrogens (tertiary/aromatic N) is 3. The molecule has 186 valence electrons. The molecule has 0 N–H and O–H groups in total. The van der Waals surface area contributed by atoms with Gasteiger partial charge in [0.2, 0.25) is 0 Å². The Morgan fingerprint density at radius 2 is 1.94 bits per heavy atom. The molecule has 2 heterocycles. The number of rotatable bonds is 7. The Labute approximate surface area is 214 Å². The highest BCUT2D eigenvalue weighted by molar-refractivity contribution is 8.18. The molecule has 0 aromatic heterocycles. The van der Waals surface area contributed by atoms with Gasteiger partial charge < -0.3 is 9.64 Å². The number of thioether (sulfide) groups is 1. The summed E-state index contributed by atoms with van der Waals surface area (Å²) >= 11 is 1.45. The van der Waals surface area contributed by atoms with Gasteiger partial charge in [-0.05, 0) is 99.7 Å². The second-order valence-corrected chi connectivity index (χ2v) is 11.4. The smallest absolute Gasteiger partial charge is 0.266 e. The van der Waals surface area contributed by atoms with Gasteiger partial charge >= 0.3 is 0 Å². The van der Waals surface area contributed by atoms with Crippen LogP contribution < -0.4 is 4.90 Å². The number of para-hydroxylation sites is 1. The fraction of sp³-hybridized carbons (Fsp3) is 0.448. The maximum Gasteiger partial charge on any atom is 0.266 e. The summed E-state index contributed by atoms with van der Waals surface area (Å²) in [5.41, 5.74) is 4.69. The zero-order chi connectivity index (χ0) is 25.2. The predicted octanol–water partition coefficient (Wildman–Crippen LogP) is 6.83. The molecular formula is C29H37N3O2S. The van der Waals surface area contributed by atoms with Crippen LogP contribution in [-0.4, -0.2) is 47.8 Å². The molecule has 2 aromatic carbocycles. The molecule has 0 bridgehead atoms. The number of aliphatic imine (C=N–C) groups is 1. The Kier molecular flexibility index (Phi) is 7.72. The fourth-order valence-corrected chi connectivity index (χ4v) is 6.48. The van der Waals surface area contributed by atoms with E-state index < -0.39 is 0 Å². The summed E-state index contributed by atoms with van der Waals surface area (Å²) in [5.74, 6) is 0.470. The maximum atomic E-state index is 13.4. The molecule has 0 aliphatic carbocycles. The second-order valence-electron chi connectivity index (χ2n) is 10.3. The number of amides is 1. The molecule has 1 amide bonds. The van der Waals surface area contributed by atoms with Gasteiger partial charge in [-0.1, -0.05) is 31.2 Å². The van der Waals surface area contributed by atoms with Crippen molar-refractivity contribution in [3.8, 4) is 0 Å². The number of amidine groups is 1. The van der Waals surface area contributed by atoms with Gasteiger partial charge in [0.05, 0.1) is 10.6 Å². The average Bonchev–Trinajstić information content (AvgIpc) is 3.08. The van der Waals surface area contributed by atoms with E-state index in [1.807, 2.05) is 36.4 Å². The van der Waals surface area contributed by atoms with Crippen molar-refractivity contribution in [3.05, 3.63) is 64.6 Å². The van der Waals surface area contributed by atoms with Gasteiger partial charge in [0, 0.05) is 37.5 Å². The van der Waals surface area contributed by atoms with Gasteiger partial charge in [0.1, 0.15) is 0 Å². The van der Waals surface area contributed by atoms with Gasteiger partial charge in [0.15, 0.2) is 5.17 Å². The van der Waals surface area contributed by atoms with E-state index in [2.05, 4.69) is 57.7 Å². The lowest BCUT2D eigenvalue weighted by atomic mass is 9.79. The van der Waals surface area contributed by atoms with Crippen molar-refractivity contribution < 1.29 is 9.53 Å². The molecular weight excluding hydrogens is 454 g/mol. The number of carbonyl (C=O) groups is 1. The first-order valence-electron chi connectivity index (χ1n) is 12.5. The maximum absolute atomic E-state index is 13.4. The van der Waals surface area contributed by atoms with E-state index in [9.17, 15) is 4.79 Å². The van der Waals surface area contributed by atoms with Crippen molar-refractivity contribution in [3.63, 3.8) is 0 Å². The molecule has 0 radical (unpaired) electrons. The van der Waals surface area contributed by atoms with Gasteiger partial charge in [0.25, 0.3) is 5.91 Å². The largest absolute Gasteiger partial charge is 0.385 e. The van der Waals surface area contributed by atoms with Crippen molar-refractivity contribution in [2.45, 2.75) is 65.0 Å². The quantitative estimate of drug-likeness (QED) is 0.315. The van der Waals surface area contributed by atoms with E-state index >= 15 is 0 Å². The SMILES string of the molecule is COCCCN1C(=O)/C(=C/c2ccc3c(c2)[C@@H](C)CC(C)(C)N3C(C)C)SC1=Nc1ccccc1. The molecule has 0 saturated carbocycles. The van der Waals surface area contributed by atoms with Crippen LogP contribution >= 0.6 is 11.8 Å². The van der Waals surface area contributed by atoms with E-state index in [0.29, 0.717) is 30.0 Å². The van der Waals surface area contributed by atoms with Crippen LogP contribution in [0.2, 0.25) is 0 Å². The van der Waals surface area contributed by atoms with Gasteiger partial charge in [-0.25, -0.2) is 4.99 Å². The van der Waals surface area contributed by atoms with E-state index in [1.54, 1.807) is 12.0 Å². The number of fused-ring (bicyclic) bond motifs is 1. The van der Waals surface area contributed by atoms with Gasteiger partial charge in [-0.2, -0.15) is 0 Å². The highest BCUT2D eigenvalue weighted by Gasteiger charge is 2.38. The number of hydrogen-bond acceptors (Lipinski definition) is 5. The fourth-order valence-electron chi connectivity index (χ4n) is 5.46. The summed E-state index contributed by atoms with van der Waals surface area (Å²) in [6.07, 6.45) is 3.89. The van der Waals surface area contributed by atoms with Crippen LogP contribution in [0.5, 0.6) is 0 Å². The van der Waals surface area contributed by atoms with Crippen molar-refractivity contribution >= 4 is 40.3 Å². The molecule has 0 spiro atoms. The number of hydrogen-bond donors (Lipinski definition) is 0. The highest BCUT2D eigenvalue weighted by atomic mass is 32.2. The van der Waals surface area contributed by atoms with Gasteiger partial charge in [-0.3, -0.25) is 9.69 Å². The number of anilines is 1. The van der Waals surface area contributed by atoms with Crippen LogP contribution in [0.15, 0.2) is 58.4 Å². The van der Waals surface area contributed by atoms with Crippen LogP contribution in [0.4, 0.5) is 11.4 Å². The summed E-state index contributed by atoms with van der Waals surface area (Å²) in [6, 6.07) is 16.9. The van der Waals surface area contributed by atoms with Crippen LogP contribution in [-0.2, 0) is 9.53 Å². The minimum atomic E-state index is 0.0106. The third-order valence-electron chi connectivity index (χ3n) is 6.71. The molecule has 2 aromatic rings. The molecule has 1 atom stereocenters. The van der Waals surface area contributed by atoms with E-state index in [0.717, 1.165) is 29.3 Å². The van der Waals surface area contributed by atoms with E-state index in [1.165, 1.54) is 23.0 Å². The average molecular weight is 492 g/mol. The first-order valence-corrected chi connectivity index (χ1v) is 13.3. The molecule has 1 saturated heterocycles. The summed E-state index contributed by atoms with van der Waals surface area (Å²) in [6.45, 7) is 12.7. The molecule has 2 aliphatic heterocycles. The Morgan fingerprint density at radius 1 is 1.20 bits per heavy atom. The lowest BCUT2D eigenvalue weighted by Gasteiger charge is -2.50. The normalized spacial score (nSPS) is 21.9. The zero-order valence-electron chi connectivity index (χ0n) is 21.7. The Balaban J connectivity index is 1.67. The van der Waals surface area contributed by atoms with E-state index in [4.69, 9.17) is 9.73 Å². The molecule has 35 heavy (non-hydrogen) atoms. The summed E-state index contributed by atoms with van der Waals surface area (Å²) in [5, 5.41) is 0.725. The minimum Gasteiger partial charge on any atom is -0.385 e.